The molecule has 0 radical (unpaired) electrons. The lowest BCUT2D eigenvalue weighted by Gasteiger charge is -2.29. The molecule has 2 aliphatic rings. The first-order valence-electron chi connectivity index (χ1n) is 5.33. The Labute approximate surface area is 104 Å². The molecule has 0 bridgehead atoms. The number of ether oxygens (including phenoxy) is 3. The summed E-state index contributed by atoms with van der Waals surface area (Å²) in [5.41, 5.74) is 0.212. The largest absolute Gasteiger partial charge is 0.466 e. The lowest BCUT2D eigenvalue weighted by molar-refractivity contribution is -0.151. The van der Waals surface area contributed by atoms with Gasteiger partial charge in [-0.3, -0.25) is 0 Å². The Bertz CT molecular complexity index is 365. The van der Waals surface area contributed by atoms with Gasteiger partial charge in [0, 0.05) is 0 Å². The number of hydrogen-bond acceptors (Lipinski definition) is 5. The average Bonchev–Trinajstić information content (AvgIpc) is 2.59. The number of hydrogen-bond donors (Lipinski definition) is 1. The van der Waals surface area contributed by atoms with E-state index in [2.05, 4.69) is 4.74 Å². The topological polar surface area (TPSA) is 65.0 Å². The van der Waals surface area contributed by atoms with Crippen LogP contribution in [-0.4, -0.2) is 47.7 Å². The molecule has 0 aromatic heterocycles. The average molecular weight is 263 g/mol. The summed E-state index contributed by atoms with van der Waals surface area (Å²) in [7, 11) is 1.27. The number of aliphatic hydroxyl groups excluding tert-OH is 1. The van der Waals surface area contributed by atoms with Crippen LogP contribution in [-0.2, 0) is 19.0 Å². The molecular formula is C11H15ClO5. The molecule has 1 saturated heterocycles. The summed E-state index contributed by atoms with van der Waals surface area (Å²) in [4.78, 5) is 11.5. The zero-order valence-electron chi connectivity index (χ0n) is 9.84. The molecule has 1 aliphatic carbocycles. The highest BCUT2D eigenvalue weighted by atomic mass is 35.5. The van der Waals surface area contributed by atoms with E-state index in [1.165, 1.54) is 13.2 Å². The highest BCUT2D eigenvalue weighted by molar-refractivity contribution is 6.26. The van der Waals surface area contributed by atoms with Crippen LogP contribution in [0.25, 0.3) is 0 Å². The molecule has 1 heterocycles. The number of carbonyl (C=O) groups is 1. The Hall–Kier alpha value is -0.620. The van der Waals surface area contributed by atoms with Crippen LogP contribution in [0, 0.1) is 0 Å². The predicted octanol–water partition coefficient (Wildman–Crippen LogP) is 0.588. The van der Waals surface area contributed by atoms with Crippen LogP contribution >= 0.6 is 11.6 Å². The van der Waals surface area contributed by atoms with E-state index in [1.54, 1.807) is 13.8 Å². The molecule has 0 unspecified atom stereocenters. The summed E-state index contributed by atoms with van der Waals surface area (Å²) in [6.45, 7) is 3.47. The number of carbonyl (C=O) groups excluding carboxylic acids is 1. The maximum atomic E-state index is 11.5. The number of aliphatic hydroxyl groups is 1. The van der Waals surface area contributed by atoms with E-state index in [1.807, 2.05) is 0 Å². The van der Waals surface area contributed by atoms with Gasteiger partial charge >= 0.3 is 5.97 Å². The van der Waals surface area contributed by atoms with Gasteiger partial charge in [-0.25, -0.2) is 4.79 Å². The van der Waals surface area contributed by atoms with Crippen LogP contribution in [0.15, 0.2) is 11.6 Å². The van der Waals surface area contributed by atoms with Gasteiger partial charge in [-0.1, -0.05) is 0 Å². The van der Waals surface area contributed by atoms with Crippen molar-refractivity contribution in [3.05, 3.63) is 11.6 Å². The van der Waals surface area contributed by atoms with Crippen molar-refractivity contribution in [3.8, 4) is 0 Å². The van der Waals surface area contributed by atoms with Gasteiger partial charge in [-0.2, -0.15) is 0 Å². The quantitative estimate of drug-likeness (QED) is 0.553. The van der Waals surface area contributed by atoms with Gasteiger partial charge in [-0.05, 0) is 19.9 Å². The number of rotatable bonds is 1. The van der Waals surface area contributed by atoms with Crippen molar-refractivity contribution in [1.82, 2.24) is 0 Å². The minimum absolute atomic E-state index is 0.212. The first kappa shape index (κ1) is 12.8. The van der Waals surface area contributed by atoms with Gasteiger partial charge in [0.1, 0.15) is 18.3 Å². The van der Waals surface area contributed by atoms with Crippen LogP contribution in [0.1, 0.15) is 13.8 Å². The molecule has 2 rings (SSSR count). The Morgan fingerprint density at radius 1 is 1.47 bits per heavy atom. The van der Waals surface area contributed by atoms with Gasteiger partial charge in [0.15, 0.2) is 5.79 Å². The SMILES string of the molecule is COC(=O)C1=C[C@@H](O)[C@@H]2OC(C)(C)O[C@@H]2[C@@H]1Cl. The number of esters is 1. The number of fused-ring (bicyclic) bond motifs is 1. The van der Waals surface area contributed by atoms with E-state index in [4.69, 9.17) is 21.1 Å². The van der Waals surface area contributed by atoms with Gasteiger partial charge < -0.3 is 19.3 Å². The maximum Gasteiger partial charge on any atom is 0.335 e. The Balaban J connectivity index is 2.27. The normalized spacial score (nSPS) is 39.5. The van der Waals surface area contributed by atoms with Gasteiger partial charge in [0.05, 0.1) is 18.1 Å². The third-order valence-corrected chi connectivity index (χ3v) is 3.34. The van der Waals surface area contributed by atoms with E-state index in [-0.39, 0.29) is 5.57 Å². The minimum atomic E-state index is -0.925. The van der Waals surface area contributed by atoms with E-state index in [0.29, 0.717) is 0 Å². The molecule has 1 N–H and O–H groups in total. The molecule has 17 heavy (non-hydrogen) atoms. The lowest BCUT2D eigenvalue weighted by Crippen LogP contribution is -2.45. The van der Waals surface area contributed by atoms with Crippen molar-refractivity contribution >= 4 is 17.6 Å². The zero-order chi connectivity index (χ0) is 12.8. The standard InChI is InChI=1S/C11H15ClO5/c1-11(2)16-8-6(13)4-5(10(14)15-3)7(12)9(8)17-11/h4,6-9,13H,1-3H3/t6-,7-,8+,9-/m1/s1. The minimum Gasteiger partial charge on any atom is -0.466 e. The summed E-state index contributed by atoms with van der Waals surface area (Å²) >= 11 is 6.16. The summed E-state index contributed by atoms with van der Waals surface area (Å²) in [5.74, 6) is -1.38. The summed E-state index contributed by atoms with van der Waals surface area (Å²) in [6, 6.07) is 0. The number of methoxy groups -OCH3 is 1. The van der Waals surface area contributed by atoms with Crippen molar-refractivity contribution in [2.75, 3.05) is 7.11 Å². The van der Waals surface area contributed by atoms with E-state index in [0.717, 1.165) is 0 Å². The van der Waals surface area contributed by atoms with Crippen LogP contribution < -0.4 is 0 Å². The fourth-order valence-electron chi connectivity index (χ4n) is 2.15. The smallest absolute Gasteiger partial charge is 0.335 e. The van der Waals surface area contributed by atoms with Crippen molar-refractivity contribution in [1.29, 1.82) is 0 Å². The zero-order valence-corrected chi connectivity index (χ0v) is 10.6. The van der Waals surface area contributed by atoms with Crippen molar-refractivity contribution in [2.45, 2.75) is 43.3 Å². The third-order valence-electron chi connectivity index (χ3n) is 2.86. The molecule has 1 fully saturated rings. The number of alkyl halides is 1. The molecule has 0 amide bonds. The summed E-state index contributed by atoms with van der Waals surface area (Å²) in [5, 5.41) is 9.21. The molecule has 1 aliphatic heterocycles. The van der Waals surface area contributed by atoms with Crippen molar-refractivity contribution in [2.24, 2.45) is 0 Å². The van der Waals surface area contributed by atoms with E-state index >= 15 is 0 Å². The van der Waals surface area contributed by atoms with E-state index in [9.17, 15) is 9.90 Å². The molecule has 0 spiro atoms. The van der Waals surface area contributed by atoms with Crippen molar-refractivity contribution in [3.63, 3.8) is 0 Å². The molecule has 0 aromatic carbocycles. The fourth-order valence-corrected chi connectivity index (χ4v) is 2.51. The van der Waals surface area contributed by atoms with Crippen LogP contribution in [0.2, 0.25) is 0 Å². The van der Waals surface area contributed by atoms with Crippen molar-refractivity contribution < 1.29 is 24.1 Å². The first-order chi connectivity index (χ1) is 7.85. The second-order valence-corrected chi connectivity index (χ2v) is 5.04. The molecule has 4 atom stereocenters. The Morgan fingerprint density at radius 2 is 2.06 bits per heavy atom. The second kappa shape index (κ2) is 4.24. The number of halogens is 1. The van der Waals surface area contributed by atoms with Crippen LogP contribution in [0.5, 0.6) is 0 Å². The second-order valence-electron chi connectivity index (χ2n) is 4.57. The predicted molar refractivity (Wildman–Crippen MR) is 59.6 cm³/mol. The van der Waals surface area contributed by atoms with Gasteiger partial charge in [0.25, 0.3) is 0 Å². The van der Waals surface area contributed by atoms with Crippen LogP contribution in [0.4, 0.5) is 0 Å². The molecular weight excluding hydrogens is 248 g/mol. The Kier molecular flexibility index (Phi) is 3.20. The highest BCUT2D eigenvalue weighted by Crippen LogP contribution is 2.39. The Morgan fingerprint density at radius 3 is 2.65 bits per heavy atom. The maximum absolute atomic E-state index is 11.5. The summed E-state index contributed by atoms with van der Waals surface area (Å²) in [6.07, 6.45) is -0.664. The first-order valence-corrected chi connectivity index (χ1v) is 5.77. The molecule has 6 heteroatoms. The van der Waals surface area contributed by atoms with Crippen LogP contribution in [0.3, 0.4) is 0 Å². The fraction of sp³-hybridized carbons (Fsp3) is 0.727. The monoisotopic (exact) mass is 262 g/mol. The highest BCUT2D eigenvalue weighted by Gasteiger charge is 2.51. The molecule has 0 aromatic rings. The summed E-state index contributed by atoms with van der Waals surface area (Å²) < 4.78 is 15.8. The van der Waals surface area contributed by atoms with Gasteiger partial charge in [0.2, 0.25) is 0 Å². The third kappa shape index (κ3) is 2.20. The van der Waals surface area contributed by atoms with Gasteiger partial charge in [-0.15, -0.1) is 11.6 Å². The molecule has 96 valence electrons. The molecule has 5 nitrogen and oxygen atoms in total. The molecule has 0 saturated carbocycles. The lowest BCUT2D eigenvalue weighted by atomic mass is 9.92. The van der Waals surface area contributed by atoms with E-state index < -0.39 is 35.4 Å².